The quantitative estimate of drug-likeness (QED) is 0.884. The Balaban J connectivity index is 2.04. The van der Waals surface area contributed by atoms with Crippen molar-refractivity contribution in [1.29, 1.82) is 0 Å². The highest BCUT2D eigenvalue weighted by atomic mass is 32.2. The van der Waals surface area contributed by atoms with Crippen LogP contribution in [0.25, 0.3) is 0 Å². The van der Waals surface area contributed by atoms with Gasteiger partial charge >= 0.3 is 4.87 Å². The highest BCUT2D eigenvalue weighted by Gasteiger charge is 2.30. The Labute approximate surface area is 137 Å². The number of aryl methyl sites for hydroxylation is 1. The van der Waals surface area contributed by atoms with Crippen LogP contribution >= 0.6 is 11.3 Å². The summed E-state index contributed by atoms with van der Waals surface area (Å²) in [4.78, 5) is 25.0. The minimum atomic E-state index is -0.892. The minimum absolute atomic E-state index is 0.0298. The van der Waals surface area contributed by atoms with E-state index in [4.69, 9.17) is 0 Å². The van der Waals surface area contributed by atoms with Gasteiger partial charge < -0.3 is 5.32 Å². The van der Waals surface area contributed by atoms with Gasteiger partial charge in [0.2, 0.25) is 5.91 Å². The first-order valence-electron chi connectivity index (χ1n) is 7.77. The molecule has 1 saturated carbocycles. The number of carbonyl (C=O) groups is 1. The van der Waals surface area contributed by atoms with Crippen LogP contribution in [0.2, 0.25) is 0 Å². The molecule has 1 amide bonds. The molecule has 124 valence electrons. The van der Waals surface area contributed by atoms with E-state index in [9.17, 15) is 13.8 Å². The summed E-state index contributed by atoms with van der Waals surface area (Å²) in [7, 11) is -0.892. The van der Waals surface area contributed by atoms with Crippen LogP contribution in [0.5, 0.6) is 0 Å². The van der Waals surface area contributed by atoms with E-state index in [-0.39, 0.29) is 28.6 Å². The number of carbonyl (C=O) groups excluding carboxylic acids is 1. The second kappa shape index (κ2) is 7.55. The van der Waals surface area contributed by atoms with Crippen LogP contribution in [0.4, 0.5) is 0 Å². The first-order chi connectivity index (χ1) is 10.4. The van der Waals surface area contributed by atoms with Crippen molar-refractivity contribution in [3.63, 3.8) is 0 Å². The molecular weight excluding hydrogens is 320 g/mol. The first-order valence-corrected chi connectivity index (χ1v) is 9.97. The molecule has 1 aromatic rings. The summed E-state index contributed by atoms with van der Waals surface area (Å²) >= 11 is 1.17. The fourth-order valence-electron chi connectivity index (χ4n) is 2.96. The Morgan fingerprint density at radius 2 is 2.05 bits per heavy atom. The molecule has 22 heavy (non-hydrogen) atoms. The second-order valence-electron chi connectivity index (χ2n) is 5.76. The van der Waals surface area contributed by atoms with Gasteiger partial charge in [0.1, 0.15) is 6.54 Å². The molecule has 0 unspecified atom stereocenters. The lowest BCUT2D eigenvalue weighted by atomic mass is 9.95. The zero-order valence-electron chi connectivity index (χ0n) is 13.4. The SMILES string of the molecule is CC[S@](=O)[C@H]1CCCC[C@@H]1NC(=O)Cn1c(C)c(C)sc1=O. The van der Waals surface area contributed by atoms with Gasteiger partial charge in [0, 0.05) is 33.2 Å². The Hall–Kier alpha value is -0.950. The molecule has 0 aromatic carbocycles. The Bertz CT molecular complexity index is 621. The molecule has 3 atom stereocenters. The Morgan fingerprint density at radius 1 is 1.36 bits per heavy atom. The van der Waals surface area contributed by atoms with E-state index in [1.807, 2.05) is 20.8 Å². The van der Waals surface area contributed by atoms with Crippen LogP contribution in [0.1, 0.15) is 43.2 Å². The maximum Gasteiger partial charge on any atom is 0.308 e. The van der Waals surface area contributed by atoms with E-state index in [2.05, 4.69) is 5.32 Å². The van der Waals surface area contributed by atoms with Gasteiger partial charge in [0.25, 0.3) is 0 Å². The Morgan fingerprint density at radius 3 is 2.64 bits per heavy atom. The standard InChI is InChI=1S/C15H24N2O3S2/c1-4-22(20)13-8-6-5-7-12(13)16-14(18)9-17-10(2)11(3)21-15(17)19/h12-13H,4-9H2,1-3H3,(H,16,18)/t12-,13-,22-/m0/s1. The van der Waals surface area contributed by atoms with Crippen molar-refractivity contribution in [1.82, 2.24) is 9.88 Å². The number of hydrogen-bond acceptors (Lipinski definition) is 4. The van der Waals surface area contributed by atoms with Gasteiger partial charge in [-0.15, -0.1) is 0 Å². The van der Waals surface area contributed by atoms with Crippen LogP contribution in [0.15, 0.2) is 4.79 Å². The third-order valence-electron chi connectivity index (χ3n) is 4.35. The molecule has 1 aliphatic carbocycles. The van der Waals surface area contributed by atoms with Crippen LogP contribution in [0.3, 0.4) is 0 Å². The van der Waals surface area contributed by atoms with E-state index < -0.39 is 10.8 Å². The van der Waals surface area contributed by atoms with Crippen molar-refractivity contribution >= 4 is 28.0 Å². The van der Waals surface area contributed by atoms with E-state index >= 15 is 0 Å². The van der Waals surface area contributed by atoms with Crippen LogP contribution < -0.4 is 10.2 Å². The molecule has 2 rings (SSSR count). The number of nitrogens with zero attached hydrogens (tertiary/aromatic N) is 1. The van der Waals surface area contributed by atoms with Crippen LogP contribution in [-0.2, 0) is 22.1 Å². The maximum absolute atomic E-state index is 12.3. The third kappa shape index (κ3) is 3.87. The van der Waals surface area contributed by atoms with Crippen molar-refractivity contribution in [2.75, 3.05) is 5.75 Å². The van der Waals surface area contributed by atoms with Crippen molar-refractivity contribution in [3.8, 4) is 0 Å². The second-order valence-corrected chi connectivity index (χ2v) is 8.87. The number of amides is 1. The van der Waals surface area contributed by atoms with E-state index in [1.54, 1.807) is 0 Å². The lowest BCUT2D eigenvalue weighted by Gasteiger charge is -2.31. The molecule has 1 aromatic heterocycles. The lowest BCUT2D eigenvalue weighted by Crippen LogP contribution is -2.48. The zero-order valence-corrected chi connectivity index (χ0v) is 15.0. The molecule has 1 fully saturated rings. The normalized spacial score (nSPS) is 23.2. The van der Waals surface area contributed by atoms with Gasteiger partial charge in [0.05, 0.1) is 5.25 Å². The summed E-state index contributed by atoms with van der Waals surface area (Å²) in [5, 5.41) is 3.06. The molecule has 0 saturated heterocycles. The average Bonchev–Trinajstić information content (AvgIpc) is 2.73. The molecule has 0 radical (unpaired) electrons. The number of rotatable bonds is 5. The predicted octanol–water partition coefficient (Wildman–Crippen LogP) is 1.72. The molecular formula is C15H24N2O3S2. The van der Waals surface area contributed by atoms with Crippen molar-refractivity contribution < 1.29 is 9.00 Å². The van der Waals surface area contributed by atoms with Gasteiger partial charge in [-0.2, -0.15) is 0 Å². The molecule has 0 aliphatic heterocycles. The number of thiazole rings is 1. The van der Waals surface area contributed by atoms with Crippen LogP contribution in [-0.4, -0.2) is 31.7 Å². The van der Waals surface area contributed by atoms with Crippen molar-refractivity contribution in [3.05, 3.63) is 20.2 Å². The highest BCUT2D eigenvalue weighted by molar-refractivity contribution is 7.85. The maximum atomic E-state index is 12.3. The van der Waals surface area contributed by atoms with Gasteiger partial charge in [0.15, 0.2) is 0 Å². The van der Waals surface area contributed by atoms with E-state index in [1.165, 1.54) is 15.9 Å². The molecule has 0 bridgehead atoms. The summed E-state index contributed by atoms with van der Waals surface area (Å²) in [6.07, 6.45) is 3.91. The fourth-order valence-corrected chi connectivity index (χ4v) is 5.22. The van der Waals surface area contributed by atoms with Gasteiger partial charge in [-0.1, -0.05) is 31.1 Å². The molecule has 0 spiro atoms. The predicted molar refractivity (Wildman–Crippen MR) is 90.9 cm³/mol. The topological polar surface area (TPSA) is 68.2 Å². The molecule has 1 heterocycles. The van der Waals surface area contributed by atoms with Gasteiger partial charge in [-0.3, -0.25) is 18.4 Å². The number of nitrogens with one attached hydrogen (secondary N) is 1. The number of aromatic nitrogens is 1. The van der Waals surface area contributed by atoms with Crippen molar-refractivity contribution in [2.24, 2.45) is 0 Å². The fraction of sp³-hybridized carbons (Fsp3) is 0.733. The summed E-state index contributed by atoms with van der Waals surface area (Å²) < 4.78 is 13.7. The molecule has 1 N–H and O–H groups in total. The molecule has 1 aliphatic rings. The summed E-state index contributed by atoms with van der Waals surface area (Å²) in [6.45, 7) is 5.71. The molecule has 5 nitrogen and oxygen atoms in total. The zero-order chi connectivity index (χ0) is 16.3. The summed E-state index contributed by atoms with van der Waals surface area (Å²) in [5.41, 5.74) is 0.850. The highest BCUT2D eigenvalue weighted by Crippen LogP contribution is 2.23. The average molecular weight is 345 g/mol. The van der Waals surface area contributed by atoms with Gasteiger partial charge in [-0.25, -0.2) is 0 Å². The summed E-state index contributed by atoms with van der Waals surface area (Å²) in [5.74, 6) is 0.465. The minimum Gasteiger partial charge on any atom is -0.351 e. The van der Waals surface area contributed by atoms with Gasteiger partial charge in [-0.05, 0) is 26.7 Å². The first kappa shape index (κ1) is 17.4. The van der Waals surface area contributed by atoms with Crippen molar-refractivity contribution in [2.45, 2.75) is 64.3 Å². The number of hydrogen-bond donors (Lipinski definition) is 1. The lowest BCUT2D eigenvalue weighted by molar-refractivity contribution is -0.122. The largest absolute Gasteiger partial charge is 0.351 e. The summed E-state index contributed by atoms with van der Waals surface area (Å²) in [6, 6.07) is -0.0298. The van der Waals surface area contributed by atoms with E-state index in [0.29, 0.717) is 5.75 Å². The Kier molecular flexibility index (Phi) is 5.97. The van der Waals surface area contributed by atoms with Crippen LogP contribution in [0, 0.1) is 13.8 Å². The monoisotopic (exact) mass is 344 g/mol. The van der Waals surface area contributed by atoms with E-state index in [0.717, 1.165) is 36.3 Å². The molecule has 7 heteroatoms. The smallest absolute Gasteiger partial charge is 0.308 e. The third-order valence-corrected chi connectivity index (χ3v) is 7.15.